The molecule has 3 heteroatoms. The number of thioether (sulfide) groups is 1. The van der Waals surface area contributed by atoms with Crippen LogP contribution in [0.25, 0.3) is 0 Å². The van der Waals surface area contributed by atoms with Gasteiger partial charge in [0.25, 0.3) is 0 Å². The average molecular weight is 230 g/mol. The SMILES string of the molecule is Nc1ccccc1SCCc1ccccn1. The highest BCUT2D eigenvalue weighted by atomic mass is 32.2. The monoisotopic (exact) mass is 230 g/mol. The summed E-state index contributed by atoms with van der Waals surface area (Å²) in [7, 11) is 0. The minimum absolute atomic E-state index is 0.855. The van der Waals surface area contributed by atoms with Gasteiger partial charge in [-0.1, -0.05) is 18.2 Å². The molecule has 0 bridgehead atoms. The molecule has 2 N–H and O–H groups in total. The van der Waals surface area contributed by atoms with Crippen LogP contribution < -0.4 is 5.73 Å². The fourth-order valence-electron chi connectivity index (χ4n) is 1.42. The van der Waals surface area contributed by atoms with Gasteiger partial charge in [-0.3, -0.25) is 4.98 Å². The number of hydrogen-bond donors (Lipinski definition) is 1. The largest absolute Gasteiger partial charge is 0.398 e. The van der Waals surface area contributed by atoms with Crippen molar-refractivity contribution in [2.75, 3.05) is 11.5 Å². The Morgan fingerprint density at radius 2 is 1.88 bits per heavy atom. The number of pyridine rings is 1. The van der Waals surface area contributed by atoms with Gasteiger partial charge >= 0.3 is 0 Å². The Hall–Kier alpha value is -1.48. The molecule has 0 unspecified atom stereocenters. The van der Waals surface area contributed by atoms with Crippen molar-refractivity contribution in [1.29, 1.82) is 0 Å². The standard InChI is InChI=1S/C13H14N2S/c14-12-6-1-2-7-13(12)16-10-8-11-5-3-4-9-15-11/h1-7,9H,8,10,14H2. The lowest BCUT2D eigenvalue weighted by Crippen LogP contribution is -1.93. The summed E-state index contributed by atoms with van der Waals surface area (Å²) in [6.07, 6.45) is 2.80. The predicted octanol–water partition coefficient (Wildman–Crippen LogP) is 3.00. The van der Waals surface area contributed by atoms with Gasteiger partial charge in [0.2, 0.25) is 0 Å². The molecule has 0 spiro atoms. The summed E-state index contributed by atoms with van der Waals surface area (Å²) in [6, 6.07) is 14.0. The van der Waals surface area contributed by atoms with E-state index >= 15 is 0 Å². The minimum Gasteiger partial charge on any atom is -0.398 e. The molecule has 2 aromatic rings. The van der Waals surface area contributed by atoms with E-state index < -0.39 is 0 Å². The maximum Gasteiger partial charge on any atom is 0.0452 e. The highest BCUT2D eigenvalue weighted by molar-refractivity contribution is 7.99. The minimum atomic E-state index is 0.855. The second kappa shape index (κ2) is 5.56. The van der Waals surface area contributed by atoms with Gasteiger partial charge in [0.15, 0.2) is 0 Å². The Bertz CT molecular complexity index is 443. The predicted molar refractivity (Wildman–Crippen MR) is 69.5 cm³/mol. The summed E-state index contributed by atoms with van der Waals surface area (Å²) in [5.74, 6) is 1.01. The van der Waals surface area contributed by atoms with Crippen LogP contribution in [0, 0.1) is 0 Å². The van der Waals surface area contributed by atoms with Crippen LogP contribution in [-0.4, -0.2) is 10.7 Å². The van der Waals surface area contributed by atoms with E-state index in [2.05, 4.69) is 17.1 Å². The van der Waals surface area contributed by atoms with Crippen LogP contribution in [0.15, 0.2) is 53.6 Å². The fraction of sp³-hybridized carbons (Fsp3) is 0.154. The number of rotatable bonds is 4. The summed E-state index contributed by atoms with van der Waals surface area (Å²) < 4.78 is 0. The second-order valence-corrected chi connectivity index (χ2v) is 4.59. The molecule has 2 nitrogen and oxygen atoms in total. The van der Waals surface area contributed by atoms with Crippen LogP contribution in [0.1, 0.15) is 5.69 Å². The summed E-state index contributed by atoms with van der Waals surface area (Å²) in [6.45, 7) is 0. The molecule has 1 aromatic heterocycles. The van der Waals surface area contributed by atoms with E-state index in [0.717, 1.165) is 28.5 Å². The van der Waals surface area contributed by atoms with Crippen molar-refractivity contribution in [1.82, 2.24) is 4.98 Å². The van der Waals surface area contributed by atoms with E-state index in [-0.39, 0.29) is 0 Å². The summed E-state index contributed by atoms with van der Waals surface area (Å²) >= 11 is 1.78. The van der Waals surface area contributed by atoms with Crippen LogP contribution >= 0.6 is 11.8 Å². The van der Waals surface area contributed by atoms with Crippen LogP contribution in [0.4, 0.5) is 5.69 Å². The van der Waals surface area contributed by atoms with E-state index in [1.807, 2.05) is 36.5 Å². The molecule has 82 valence electrons. The summed E-state index contributed by atoms with van der Waals surface area (Å²) in [4.78, 5) is 5.44. The van der Waals surface area contributed by atoms with E-state index in [1.165, 1.54) is 0 Å². The molecule has 0 atom stereocenters. The first-order valence-electron chi connectivity index (χ1n) is 5.23. The van der Waals surface area contributed by atoms with E-state index in [0.29, 0.717) is 0 Å². The molecule has 1 aromatic carbocycles. The third-order valence-electron chi connectivity index (χ3n) is 2.26. The van der Waals surface area contributed by atoms with Crippen molar-refractivity contribution >= 4 is 17.4 Å². The number of anilines is 1. The Morgan fingerprint density at radius 3 is 2.62 bits per heavy atom. The number of benzene rings is 1. The molecular weight excluding hydrogens is 216 g/mol. The van der Waals surface area contributed by atoms with Gasteiger partial charge in [0.1, 0.15) is 0 Å². The zero-order valence-electron chi connectivity index (χ0n) is 8.97. The Labute approximate surface area is 99.9 Å². The number of para-hydroxylation sites is 1. The van der Waals surface area contributed by atoms with Crippen LogP contribution in [0.5, 0.6) is 0 Å². The van der Waals surface area contributed by atoms with E-state index in [1.54, 1.807) is 11.8 Å². The Balaban J connectivity index is 1.87. The topological polar surface area (TPSA) is 38.9 Å². The molecular formula is C13H14N2S. The van der Waals surface area contributed by atoms with Crippen molar-refractivity contribution < 1.29 is 0 Å². The van der Waals surface area contributed by atoms with Crippen molar-refractivity contribution in [3.8, 4) is 0 Å². The van der Waals surface area contributed by atoms with Gasteiger partial charge in [-0.2, -0.15) is 0 Å². The molecule has 0 aliphatic rings. The highest BCUT2D eigenvalue weighted by Crippen LogP contribution is 2.24. The van der Waals surface area contributed by atoms with Gasteiger partial charge in [-0.15, -0.1) is 11.8 Å². The van der Waals surface area contributed by atoms with Crippen LogP contribution in [0.3, 0.4) is 0 Å². The number of aryl methyl sites for hydroxylation is 1. The summed E-state index contributed by atoms with van der Waals surface area (Å²) in [5.41, 5.74) is 7.85. The molecule has 16 heavy (non-hydrogen) atoms. The lowest BCUT2D eigenvalue weighted by atomic mass is 10.3. The van der Waals surface area contributed by atoms with Crippen molar-refractivity contribution in [3.05, 3.63) is 54.4 Å². The third kappa shape index (κ3) is 3.00. The van der Waals surface area contributed by atoms with Crippen LogP contribution in [-0.2, 0) is 6.42 Å². The number of aromatic nitrogens is 1. The normalized spacial score (nSPS) is 10.2. The maximum absolute atomic E-state index is 5.86. The van der Waals surface area contributed by atoms with Gasteiger partial charge in [0, 0.05) is 28.2 Å². The van der Waals surface area contributed by atoms with Gasteiger partial charge in [0.05, 0.1) is 0 Å². The Morgan fingerprint density at radius 1 is 1.06 bits per heavy atom. The number of nitrogens with zero attached hydrogens (tertiary/aromatic N) is 1. The van der Waals surface area contributed by atoms with Crippen molar-refractivity contribution in [2.45, 2.75) is 11.3 Å². The first-order valence-corrected chi connectivity index (χ1v) is 6.22. The first-order chi connectivity index (χ1) is 7.86. The lowest BCUT2D eigenvalue weighted by molar-refractivity contribution is 1.05. The zero-order chi connectivity index (χ0) is 11.2. The maximum atomic E-state index is 5.86. The molecule has 2 rings (SSSR count). The lowest BCUT2D eigenvalue weighted by Gasteiger charge is -2.04. The molecule has 0 aliphatic carbocycles. The van der Waals surface area contributed by atoms with Crippen molar-refractivity contribution in [2.24, 2.45) is 0 Å². The zero-order valence-corrected chi connectivity index (χ0v) is 9.78. The van der Waals surface area contributed by atoms with Gasteiger partial charge in [-0.05, 0) is 30.7 Å². The molecule has 0 saturated carbocycles. The van der Waals surface area contributed by atoms with Gasteiger partial charge in [-0.25, -0.2) is 0 Å². The van der Waals surface area contributed by atoms with E-state index in [4.69, 9.17) is 5.73 Å². The molecule has 0 fully saturated rings. The van der Waals surface area contributed by atoms with Gasteiger partial charge < -0.3 is 5.73 Å². The quantitative estimate of drug-likeness (QED) is 0.648. The first kappa shape index (κ1) is 11.0. The summed E-state index contributed by atoms with van der Waals surface area (Å²) in [5, 5.41) is 0. The second-order valence-electron chi connectivity index (χ2n) is 3.46. The smallest absolute Gasteiger partial charge is 0.0452 e. The molecule has 0 amide bonds. The molecule has 0 aliphatic heterocycles. The van der Waals surface area contributed by atoms with Crippen LogP contribution in [0.2, 0.25) is 0 Å². The molecule has 0 saturated heterocycles. The average Bonchev–Trinajstić information content (AvgIpc) is 2.33. The van der Waals surface area contributed by atoms with E-state index in [9.17, 15) is 0 Å². The number of nitrogens with two attached hydrogens (primary N) is 1. The third-order valence-corrected chi connectivity index (χ3v) is 3.35. The number of hydrogen-bond acceptors (Lipinski definition) is 3. The highest BCUT2D eigenvalue weighted by Gasteiger charge is 1.99. The fourth-order valence-corrected chi connectivity index (χ4v) is 2.36. The number of nitrogen functional groups attached to an aromatic ring is 1. The molecule has 0 radical (unpaired) electrons. The van der Waals surface area contributed by atoms with Crippen molar-refractivity contribution in [3.63, 3.8) is 0 Å². The molecule has 1 heterocycles. The Kier molecular flexibility index (Phi) is 3.83.